The van der Waals surface area contributed by atoms with Crippen molar-refractivity contribution in [2.24, 2.45) is 0 Å². The average Bonchev–Trinajstić information content (AvgIpc) is 2.81. The van der Waals surface area contributed by atoms with Crippen LogP contribution in [0.1, 0.15) is 42.0 Å². The lowest BCUT2D eigenvalue weighted by Crippen LogP contribution is -2.48. The van der Waals surface area contributed by atoms with Gasteiger partial charge in [0.2, 0.25) is 6.04 Å². The minimum Gasteiger partial charge on any atom is -0.506 e. The number of phenols is 1. The lowest BCUT2D eigenvalue weighted by molar-refractivity contribution is -0.540. The van der Waals surface area contributed by atoms with Crippen molar-refractivity contribution < 1.29 is 10.0 Å². The Hall–Kier alpha value is -2.97. The number of hydrogen-bond acceptors (Lipinski definition) is 6. The van der Waals surface area contributed by atoms with Gasteiger partial charge >= 0.3 is 0 Å². The molecular weight excluding hydrogens is 484 g/mol. The first-order chi connectivity index (χ1) is 16.0. The van der Waals surface area contributed by atoms with Crippen LogP contribution in [0.15, 0.2) is 71.5 Å². The van der Waals surface area contributed by atoms with Gasteiger partial charge in [-0.25, -0.2) is 0 Å². The van der Waals surface area contributed by atoms with Crippen LogP contribution >= 0.6 is 15.9 Å². The van der Waals surface area contributed by atoms with Crippen molar-refractivity contribution >= 4 is 21.6 Å². The molecule has 2 aromatic carbocycles. The molecule has 1 saturated heterocycles. The predicted octanol–water partition coefficient (Wildman–Crippen LogP) is 5.36. The third kappa shape index (κ3) is 5.02. The summed E-state index contributed by atoms with van der Waals surface area (Å²) in [6, 6.07) is 15.6. The highest BCUT2D eigenvalue weighted by Crippen LogP contribution is 2.44. The molecule has 3 aromatic rings. The summed E-state index contributed by atoms with van der Waals surface area (Å²) in [5, 5.41) is 26.0. The molecule has 8 heteroatoms. The molecule has 4 rings (SSSR count). The Morgan fingerprint density at radius 2 is 2.06 bits per heavy atom. The van der Waals surface area contributed by atoms with Gasteiger partial charge in [0.25, 0.3) is 0 Å². The number of pyridine rings is 1. The van der Waals surface area contributed by atoms with Gasteiger partial charge in [0, 0.05) is 41.4 Å². The van der Waals surface area contributed by atoms with Gasteiger partial charge in [-0.3, -0.25) is 20.0 Å². The zero-order valence-electron chi connectivity index (χ0n) is 18.4. The maximum absolute atomic E-state index is 12.6. The third-order valence-corrected chi connectivity index (χ3v) is 6.96. The Labute approximate surface area is 201 Å². The Morgan fingerprint density at radius 1 is 1.24 bits per heavy atom. The van der Waals surface area contributed by atoms with Crippen LogP contribution in [0.25, 0.3) is 0 Å². The molecule has 1 aliphatic rings. The number of hydrogen-bond donors (Lipinski definition) is 2. The van der Waals surface area contributed by atoms with Gasteiger partial charge in [0.05, 0.1) is 11.6 Å². The molecule has 0 radical (unpaired) electrons. The van der Waals surface area contributed by atoms with E-state index >= 15 is 0 Å². The lowest BCUT2D eigenvalue weighted by atomic mass is 9.78. The number of rotatable bonds is 7. The fourth-order valence-electron chi connectivity index (χ4n) is 4.81. The summed E-state index contributed by atoms with van der Waals surface area (Å²) in [5.74, 6) is -0.114. The molecule has 0 aliphatic carbocycles. The number of aromatic hydroxyl groups is 1. The Morgan fingerprint density at radius 3 is 2.76 bits per heavy atom. The highest BCUT2D eigenvalue weighted by Gasteiger charge is 2.48. The fraction of sp³-hybridized carbons (Fsp3) is 0.320. The SMILES string of the molecule is CCNc1cc([C@@H]2[C@@H]([N+](=O)[O-])[C@H](c3ccccc3Br)CCN2Cc2cccnc2)ccc1O. The van der Waals surface area contributed by atoms with E-state index in [-0.39, 0.29) is 16.6 Å². The number of piperidine rings is 1. The normalized spacial score (nSPS) is 21.0. The molecule has 0 saturated carbocycles. The van der Waals surface area contributed by atoms with E-state index in [2.05, 4.69) is 31.1 Å². The molecule has 3 atom stereocenters. The number of nitrogens with one attached hydrogen (secondary N) is 1. The smallest absolute Gasteiger partial charge is 0.239 e. The van der Waals surface area contributed by atoms with Crippen molar-refractivity contribution in [2.75, 3.05) is 18.4 Å². The van der Waals surface area contributed by atoms with Crippen LogP contribution in [0.2, 0.25) is 0 Å². The number of phenolic OH excluding ortho intramolecular Hbond substituents is 1. The summed E-state index contributed by atoms with van der Waals surface area (Å²) in [7, 11) is 0. The number of likely N-dealkylation sites (tertiary alicyclic amines) is 1. The second-order valence-corrected chi connectivity index (χ2v) is 9.13. The first kappa shape index (κ1) is 23.2. The average molecular weight is 511 g/mol. The zero-order chi connectivity index (χ0) is 23.4. The van der Waals surface area contributed by atoms with Crippen LogP contribution in [0.3, 0.4) is 0 Å². The van der Waals surface area contributed by atoms with Crippen molar-refractivity contribution in [3.8, 4) is 5.75 Å². The van der Waals surface area contributed by atoms with Crippen molar-refractivity contribution in [3.63, 3.8) is 0 Å². The first-order valence-corrected chi connectivity index (χ1v) is 11.9. The number of nitrogens with zero attached hydrogens (tertiary/aromatic N) is 3. The van der Waals surface area contributed by atoms with Crippen LogP contribution in [-0.4, -0.2) is 39.0 Å². The van der Waals surface area contributed by atoms with Crippen LogP contribution in [0.5, 0.6) is 5.75 Å². The van der Waals surface area contributed by atoms with Crippen LogP contribution in [-0.2, 0) is 6.54 Å². The number of nitro groups is 1. The zero-order valence-corrected chi connectivity index (χ0v) is 20.0. The quantitative estimate of drug-likeness (QED) is 0.252. The Kier molecular flexibility index (Phi) is 7.25. The number of benzene rings is 2. The summed E-state index contributed by atoms with van der Waals surface area (Å²) in [6.07, 6.45) is 4.20. The van der Waals surface area contributed by atoms with Crippen LogP contribution < -0.4 is 5.32 Å². The molecule has 7 nitrogen and oxygen atoms in total. The second-order valence-electron chi connectivity index (χ2n) is 8.28. The molecule has 2 N–H and O–H groups in total. The Balaban J connectivity index is 1.80. The van der Waals surface area contributed by atoms with Crippen molar-refractivity contribution in [3.05, 3.63) is 98.3 Å². The first-order valence-electron chi connectivity index (χ1n) is 11.1. The van der Waals surface area contributed by atoms with E-state index in [0.717, 1.165) is 21.2 Å². The fourth-order valence-corrected chi connectivity index (χ4v) is 5.39. The lowest BCUT2D eigenvalue weighted by Gasteiger charge is -2.41. The minimum atomic E-state index is -0.854. The van der Waals surface area contributed by atoms with Crippen LogP contribution in [0, 0.1) is 10.1 Å². The van der Waals surface area contributed by atoms with E-state index < -0.39 is 12.1 Å². The van der Waals surface area contributed by atoms with Gasteiger partial charge in [0.1, 0.15) is 11.8 Å². The number of aromatic nitrogens is 1. The largest absolute Gasteiger partial charge is 0.506 e. The summed E-state index contributed by atoms with van der Waals surface area (Å²) >= 11 is 3.61. The molecule has 1 fully saturated rings. The molecule has 0 amide bonds. The molecule has 1 aliphatic heterocycles. The standard InChI is InChI=1S/C25H27BrN4O3/c1-2-28-22-14-18(9-10-23(22)31)24-25(30(32)33)20(19-7-3-4-8-21(19)26)11-13-29(24)16-17-6-5-12-27-15-17/h3-10,12,14-15,20,24-25,28,31H,2,11,13,16H2,1H3/t20-,24+,25-/m0/s1. The molecule has 1 aromatic heterocycles. The van der Waals surface area contributed by atoms with E-state index in [1.807, 2.05) is 49.4 Å². The highest BCUT2D eigenvalue weighted by atomic mass is 79.9. The van der Waals surface area contributed by atoms with Gasteiger partial charge < -0.3 is 10.4 Å². The van der Waals surface area contributed by atoms with E-state index in [1.165, 1.54) is 0 Å². The van der Waals surface area contributed by atoms with E-state index in [4.69, 9.17) is 0 Å². The van der Waals surface area contributed by atoms with Crippen molar-refractivity contribution in [1.82, 2.24) is 9.88 Å². The van der Waals surface area contributed by atoms with Gasteiger partial charge in [-0.05, 0) is 54.3 Å². The van der Waals surface area contributed by atoms with Gasteiger partial charge in [-0.1, -0.05) is 46.3 Å². The summed E-state index contributed by atoms with van der Waals surface area (Å²) in [5.41, 5.74) is 3.36. The molecule has 172 valence electrons. The molecule has 0 bridgehead atoms. The van der Waals surface area contributed by atoms with Gasteiger partial charge in [-0.15, -0.1) is 0 Å². The molecule has 2 heterocycles. The number of anilines is 1. The monoisotopic (exact) mass is 510 g/mol. The van der Waals surface area contributed by atoms with Gasteiger partial charge in [-0.2, -0.15) is 0 Å². The molecule has 33 heavy (non-hydrogen) atoms. The Bertz CT molecular complexity index is 1110. The third-order valence-electron chi connectivity index (χ3n) is 6.24. The van der Waals surface area contributed by atoms with E-state index in [9.17, 15) is 15.2 Å². The molecular formula is C25H27BrN4O3. The predicted molar refractivity (Wildman–Crippen MR) is 132 cm³/mol. The van der Waals surface area contributed by atoms with Gasteiger partial charge in [0.15, 0.2) is 0 Å². The maximum Gasteiger partial charge on any atom is 0.239 e. The summed E-state index contributed by atoms with van der Waals surface area (Å²) < 4.78 is 0.889. The maximum atomic E-state index is 12.6. The van der Waals surface area contributed by atoms with Crippen molar-refractivity contribution in [2.45, 2.75) is 37.9 Å². The van der Waals surface area contributed by atoms with Crippen molar-refractivity contribution in [1.29, 1.82) is 0 Å². The molecule has 0 spiro atoms. The highest BCUT2D eigenvalue weighted by molar-refractivity contribution is 9.10. The number of halogens is 1. The minimum absolute atomic E-state index is 0.134. The second kappa shape index (κ2) is 10.3. The van der Waals surface area contributed by atoms with Crippen LogP contribution in [0.4, 0.5) is 5.69 Å². The summed E-state index contributed by atoms with van der Waals surface area (Å²) in [4.78, 5) is 18.8. The van der Waals surface area contributed by atoms with E-state index in [1.54, 1.807) is 24.5 Å². The molecule has 0 unspecified atom stereocenters. The summed E-state index contributed by atoms with van der Waals surface area (Å²) in [6.45, 7) is 3.85. The topological polar surface area (TPSA) is 91.5 Å². The van der Waals surface area contributed by atoms with E-state index in [0.29, 0.717) is 31.7 Å².